The van der Waals surface area contributed by atoms with Gasteiger partial charge in [-0.2, -0.15) is 13.2 Å². The van der Waals surface area contributed by atoms with Crippen molar-refractivity contribution >= 4 is 28.6 Å². The van der Waals surface area contributed by atoms with E-state index in [4.69, 9.17) is 5.73 Å². The molecule has 2 rings (SSSR count). The average molecular weight is 300 g/mol. The van der Waals surface area contributed by atoms with Crippen LogP contribution >= 0.6 is 11.3 Å². The molecule has 0 bridgehead atoms. The number of nitrogens with two attached hydrogens (primary N) is 1. The minimum absolute atomic E-state index is 0.123. The summed E-state index contributed by atoms with van der Waals surface area (Å²) in [4.78, 5) is 12.2. The van der Waals surface area contributed by atoms with Gasteiger partial charge >= 0.3 is 6.18 Å². The maximum atomic E-state index is 12.6. The zero-order valence-corrected chi connectivity index (χ0v) is 11.2. The largest absolute Gasteiger partial charge is 0.416 e. The van der Waals surface area contributed by atoms with Crippen LogP contribution in [-0.4, -0.2) is 5.91 Å². The minimum Gasteiger partial charge on any atom is -0.397 e. The molecule has 2 aromatic rings. The molecule has 3 N–H and O–H groups in total. The molecule has 0 aliphatic heterocycles. The van der Waals surface area contributed by atoms with Crippen LogP contribution in [0.1, 0.15) is 20.8 Å². The number of anilines is 2. The highest BCUT2D eigenvalue weighted by Gasteiger charge is 2.31. The van der Waals surface area contributed by atoms with E-state index in [-0.39, 0.29) is 10.6 Å². The Morgan fingerprint density at radius 3 is 2.55 bits per heavy atom. The molecule has 3 nitrogen and oxygen atoms in total. The Bertz CT molecular complexity index is 649. The van der Waals surface area contributed by atoms with Crippen molar-refractivity contribution in [3.8, 4) is 0 Å². The molecule has 1 aromatic carbocycles. The van der Waals surface area contributed by atoms with Crippen molar-refractivity contribution in [3.63, 3.8) is 0 Å². The Balaban J connectivity index is 2.30. The van der Waals surface area contributed by atoms with Crippen molar-refractivity contribution < 1.29 is 18.0 Å². The summed E-state index contributed by atoms with van der Waals surface area (Å²) in [5.74, 6) is -0.514. The second kappa shape index (κ2) is 5.16. The number of thiophene rings is 1. The Kier molecular flexibility index (Phi) is 3.71. The summed E-state index contributed by atoms with van der Waals surface area (Å²) in [7, 11) is 0. The van der Waals surface area contributed by atoms with Crippen LogP contribution in [0, 0.1) is 6.92 Å². The summed E-state index contributed by atoms with van der Waals surface area (Å²) >= 11 is 1.13. The van der Waals surface area contributed by atoms with Crippen LogP contribution < -0.4 is 11.1 Å². The zero-order chi connectivity index (χ0) is 14.9. The second-order valence-corrected chi connectivity index (χ2v) is 5.10. The molecule has 0 aliphatic rings. The number of carbonyl (C=O) groups is 1. The van der Waals surface area contributed by atoms with E-state index in [0.29, 0.717) is 11.3 Å². The van der Waals surface area contributed by atoms with Crippen molar-refractivity contribution in [2.45, 2.75) is 13.1 Å². The molecule has 7 heteroatoms. The summed E-state index contributed by atoms with van der Waals surface area (Å²) < 4.78 is 37.9. The lowest BCUT2D eigenvalue weighted by atomic mass is 10.1. The van der Waals surface area contributed by atoms with Crippen LogP contribution in [0.4, 0.5) is 24.5 Å². The predicted octanol–water partition coefficient (Wildman–Crippen LogP) is 3.91. The molecule has 20 heavy (non-hydrogen) atoms. The van der Waals surface area contributed by atoms with Gasteiger partial charge in [0.2, 0.25) is 0 Å². The van der Waals surface area contributed by atoms with Gasteiger partial charge in [-0.25, -0.2) is 0 Å². The molecule has 0 unspecified atom stereocenters. The molecule has 0 atom stereocenters. The summed E-state index contributed by atoms with van der Waals surface area (Å²) in [5, 5.41) is 4.10. The van der Waals surface area contributed by atoms with E-state index in [1.165, 1.54) is 6.07 Å². The van der Waals surface area contributed by atoms with Gasteiger partial charge in [-0.1, -0.05) is 6.07 Å². The van der Waals surface area contributed by atoms with Gasteiger partial charge in [0.05, 0.1) is 11.3 Å². The van der Waals surface area contributed by atoms with Crippen LogP contribution in [0.25, 0.3) is 0 Å². The molecule has 1 heterocycles. The van der Waals surface area contributed by atoms with Crippen LogP contribution in [-0.2, 0) is 6.18 Å². The van der Waals surface area contributed by atoms with Crippen molar-refractivity contribution in [2.75, 3.05) is 11.1 Å². The fourth-order valence-electron chi connectivity index (χ4n) is 1.62. The first-order valence-electron chi connectivity index (χ1n) is 5.61. The number of hydrogen-bond acceptors (Lipinski definition) is 3. The van der Waals surface area contributed by atoms with Gasteiger partial charge in [-0.15, -0.1) is 11.3 Å². The van der Waals surface area contributed by atoms with E-state index in [1.54, 1.807) is 18.4 Å². The molecule has 106 valence electrons. The molecular weight excluding hydrogens is 289 g/mol. The molecule has 0 spiro atoms. The lowest BCUT2D eigenvalue weighted by Gasteiger charge is -2.12. The molecule has 1 aromatic heterocycles. The number of amides is 1. The average Bonchev–Trinajstić information content (AvgIpc) is 2.77. The van der Waals surface area contributed by atoms with Gasteiger partial charge in [0, 0.05) is 5.69 Å². The van der Waals surface area contributed by atoms with Gasteiger partial charge in [0.25, 0.3) is 5.91 Å². The van der Waals surface area contributed by atoms with E-state index in [2.05, 4.69) is 5.32 Å². The lowest BCUT2D eigenvalue weighted by molar-refractivity contribution is -0.137. The summed E-state index contributed by atoms with van der Waals surface area (Å²) in [5.41, 5.74) is 5.76. The van der Waals surface area contributed by atoms with Crippen molar-refractivity contribution in [2.24, 2.45) is 0 Å². The van der Waals surface area contributed by atoms with Gasteiger partial charge in [0.1, 0.15) is 4.88 Å². The Labute approximate surface area is 117 Å². The topological polar surface area (TPSA) is 55.1 Å². The van der Waals surface area contributed by atoms with Crippen molar-refractivity contribution in [1.29, 1.82) is 0 Å². The molecule has 1 amide bonds. The quantitative estimate of drug-likeness (QED) is 0.883. The van der Waals surface area contributed by atoms with E-state index in [1.807, 2.05) is 0 Å². The van der Waals surface area contributed by atoms with E-state index in [0.717, 1.165) is 23.5 Å². The van der Waals surface area contributed by atoms with E-state index in [9.17, 15) is 18.0 Å². The van der Waals surface area contributed by atoms with Crippen LogP contribution in [0.3, 0.4) is 0 Å². The van der Waals surface area contributed by atoms with E-state index >= 15 is 0 Å². The first-order chi connectivity index (χ1) is 9.29. The van der Waals surface area contributed by atoms with Gasteiger partial charge in [0.15, 0.2) is 0 Å². The summed E-state index contributed by atoms with van der Waals surface area (Å²) in [6, 6.07) is 4.77. The normalized spacial score (nSPS) is 11.4. The van der Waals surface area contributed by atoms with Crippen LogP contribution in [0.15, 0.2) is 29.6 Å². The van der Waals surface area contributed by atoms with Crippen LogP contribution in [0.2, 0.25) is 0 Å². The standard InChI is InChI=1S/C13H11F3N2OS/c1-7-2-3-8(13(14,15)16)6-10(7)18-12(19)11-9(17)4-5-20-11/h2-6H,17H2,1H3,(H,18,19). The molecular formula is C13H11F3N2OS. The number of nitrogen functional groups attached to an aromatic ring is 1. The fraction of sp³-hybridized carbons (Fsp3) is 0.154. The van der Waals surface area contributed by atoms with Crippen LogP contribution in [0.5, 0.6) is 0 Å². The highest BCUT2D eigenvalue weighted by atomic mass is 32.1. The minimum atomic E-state index is -4.45. The van der Waals surface area contributed by atoms with Gasteiger partial charge < -0.3 is 11.1 Å². The Morgan fingerprint density at radius 2 is 2.00 bits per heavy atom. The maximum Gasteiger partial charge on any atom is 0.416 e. The van der Waals surface area contributed by atoms with Crippen molar-refractivity contribution in [1.82, 2.24) is 0 Å². The van der Waals surface area contributed by atoms with Crippen molar-refractivity contribution in [3.05, 3.63) is 45.6 Å². The first kappa shape index (κ1) is 14.4. The number of aryl methyl sites for hydroxylation is 1. The lowest BCUT2D eigenvalue weighted by Crippen LogP contribution is -2.14. The summed E-state index contributed by atoms with van der Waals surface area (Å²) in [6.07, 6.45) is -4.45. The first-order valence-corrected chi connectivity index (χ1v) is 6.49. The number of carbonyl (C=O) groups excluding carboxylic acids is 1. The monoisotopic (exact) mass is 300 g/mol. The molecule has 0 saturated carbocycles. The third-order valence-electron chi connectivity index (χ3n) is 2.72. The number of rotatable bonds is 2. The smallest absolute Gasteiger partial charge is 0.397 e. The number of benzene rings is 1. The summed E-state index contributed by atoms with van der Waals surface area (Å²) in [6.45, 7) is 1.62. The third-order valence-corrected chi connectivity index (χ3v) is 3.64. The van der Waals surface area contributed by atoms with Gasteiger partial charge in [-0.05, 0) is 36.1 Å². The Morgan fingerprint density at radius 1 is 1.30 bits per heavy atom. The SMILES string of the molecule is Cc1ccc(C(F)(F)F)cc1NC(=O)c1sccc1N. The van der Waals surface area contributed by atoms with E-state index < -0.39 is 17.6 Å². The number of nitrogens with one attached hydrogen (secondary N) is 1. The second-order valence-electron chi connectivity index (χ2n) is 4.19. The van der Waals surface area contributed by atoms with Gasteiger partial charge in [-0.3, -0.25) is 4.79 Å². The molecule has 0 saturated heterocycles. The Hall–Kier alpha value is -2.02. The number of hydrogen-bond donors (Lipinski definition) is 2. The molecule has 0 fully saturated rings. The number of halogens is 3. The highest BCUT2D eigenvalue weighted by molar-refractivity contribution is 7.12. The molecule has 0 aliphatic carbocycles. The highest BCUT2D eigenvalue weighted by Crippen LogP contribution is 2.32. The zero-order valence-electron chi connectivity index (χ0n) is 10.4. The number of alkyl halides is 3. The fourth-order valence-corrected chi connectivity index (χ4v) is 2.33. The third kappa shape index (κ3) is 2.93. The maximum absolute atomic E-state index is 12.6. The predicted molar refractivity (Wildman–Crippen MR) is 72.9 cm³/mol. The molecule has 0 radical (unpaired) electrons.